The fraction of sp³-hybridized carbons (Fsp3) is 0.533. The zero-order chi connectivity index (χ0) is 13.4. The van der Waals surface area contributed by atoms with Crippen LogP contribution in [-0.4, -0.2) is 37.1 Å². The molecule has 19 heavy (non-hydrogen) atoms. The van der Waals surface area contributed by atoms with Crippen molar-refractivity contribution < 1.29 is 0 Å². The fourth-order valence-electron chi connectivity index (χ4n) is 3.45. The molecule has 2 unspecified atom stereocenters. The van der Waals surface area contributed by atoms with Gasteiger partial charge in [-0.2, -0.15) is 5.26 Å². The number of likely N-dealkylation sites (N-methyl/N-ethyl adjacent to an activating group) is 1. The van der Waals surface area contributed by atoms with Gasteiger partial charge in [0.05, 0.1) is 11.3 Å². The van der Waals surface area contributed by atoms with E-state index in [0.717, 1.165) is 18.8 Å². The average Bonchev–Trinajstić information content (AvgIpc) is 2.64. The Hall–Kier alpha value is -1.73. The molecule has 1 aromatic rings. The van der Waals surface area contributed by atoms with Crippen LogP contribution in [0.4, 0.5) is 11.4 Å². The number of nitrogens with two attached hydrogens (primary N) is 1. The Balaban J connectivity index is 1.89. The van der Waals surface area contributed by atoms with Gasteiger partial charge in [0, 0.05) is 30.9 Å². The van der Waals surface area contributed by atoms with Crippen LogP contribution in [0.2, 0.25) is 0 Å². The number of rotatable bonds is 1. The van der Waals surface area contributed by atoms with Gasteiger partial charge in [-0.05, 0) is 44.5 Å². The number of hydrogen-bond acceptors (Lipinski definition) is 4. The van der Waals surface area contributed by atoms with Crippen LogP contribution in [0.15, 0.2) is 18.2 Å². The lowest BCUT2D eigenvalue weighted by Crippen LogP contribution is -2.36. The highest BCUT2D eigenvalue weighted by molar-refractivity contribution is 5.64. The van der Waals surface area contributed by atoms with Gasteiger partial charge in [0.1, 0.15) is 6.07 Å². The lowest BCUT2D eigenvalue weighted by molar-refractivity contribution is 0.254. The monoisotopic (exact) mass is 256 g/mol. The summed E-state index contributed by atoms with van der Waals surface area (Å²) in [6.45, 7) is 2.05. The van der Waals surface area contributed by atoms with Gasteiger partial charge in [0.2, 0.25) is 0 Å². The van der Waals surface area contributed by atoms with Crippen molar-refractivity contribution in [2.45, 2.75) is 31.3 Å². The molecule has 2 fully saturated rings. The molecule has 4 heteroatoms. The van der Waals surface area contributed by atoms with Crippen LogP contribution in [-0.2, 0) is 0 Å². The number of anilines is 2. The topological polar surface area (TPSA) is 56.3 Å². The Morgan fingerprint density at radius 2 is 2.05 bits per heavy atom. The minimum atomic E-state index is 0.622. The molecule has 2 aliphatic heterocycles. The van der Waals surface area contributed by atoms with Crippen molar-refractivity contribution in [3.63, 3.8) is 0 Å². The summed E-state index contributed by atoms with van der Waals surface area (Å²) in [5, 5.41) is 9.29. The molecule has 2 atom stereocenters. The molecule has 2 saturated heterocycles. The minimum absolute atomic E-state index is 0.622. The van der Waals surface area contributed by atoms with Crippen molar-refractivity contribution in [1.82, 2.24) is 4.90 Å². The smallest absolute Gasteiger partial charge is 0.101 e. The molecular formula is C15H20N4. The summed E-state index contributed by atoms with van der Waals surface area (Å²) in [6, 6.07) is 9.28. The SMILES string of the molecule is CN1C2CCC1CN(c1ccc(N)cc1C#N)CC2. The van der Waals surface area contributed by atoms with Crippen LogP contribution in [0.1, 0.15) is 24.8 Å². The van der Waals surface area contributed by atoms with Crippen LogP contribution >= 0.6 is 0 Å². The van der Waals surface area contributed by atoms with Crippen LogP contribution in [0.5, 0.6) is 0 Å². The molecule has 4 nitrogen and oxygen atoms in total. The van der Waals surface area contributed by atoms with Crippen LogP contribution in [0.3, 0.4) is 0 Å². The average molecular weight is 256 g/mol. The Kier molecular flexibility index (Phi) is 3.08. The Bertz CT molecular complexity index is 519. The third kappa shape index (κ3) is 2.15. The molecule has 0 saturated carbocycles. The number of fused-ring (bicyclic) bond motifs is 2. The quantitative estimate of drug-likeness (QED) is 0.779. The molecule has 0 spiro atoms. The van der Waals surface area contributed by atoms with Gasteiger partial charge in [-0.3, -0.25) is 4.90 Å². The molecule has 1 aromatic carbocycles. The third-order valence-corrected chi connectivity index (χ3v) is 4.63. The summed E-state index contributed by atoms with van der Waals surface area (Å²) in [7, 11) is 2.24. The highest BCUT2D eigenvalue weighted by atomic mass is 15.3. The van der Waals surface area contributed by atoms with E-state index in [1.54, 1.807) is 6.07 Å². The summed E-state index contributed by atoms with van der Waals surface area (Å²) >= 11 is 0. The van der Waals surface area contributed by atoms with E-state index in [1.165, 1.54) is 19.3 Å². The second-order valence-electron chi connectivity index (χ2n) is 5.67. The van der Waals surface area contributed by atoms with E-state index in [-0.39, 0.29) is 0 Å². The van der Waals surface area contributed by atoms with E-state index in [1.807, 2.05) is 12.1 Å². The predicted molar refractivity (Wildman–Crippen MR) is 77.0 cm³/mol. The van der Waals surface area contributed by atoms with Gasteiger partial charge < -0.3 is 10.6 Å². The largest absolute Gasteiger partial charge is 0.399 e. The molecule has 2 N–H and O–H groups in total. The van der Waals surface area contributed by atoms with E-state index in [4.69, 9.17) is 5.73 Å². The second-order valence-corrected chi connectivity index (χ2v) is 5.67. The predicted octanol–water partition coefficient (Wildman–Crippen LogP) is 1.81. The highest BCUT2D eigenvalue weighted by Gasteiger charge is 2.35. The number of benzene rings is 1. The van der Waals surface area contributed by atoms with Crippen molar-refractivity contribution in [1.29, 1.82) is 5.26 Å². The Morgan fingerprint density at radius 1 is 1.26 bits per heavy atom. The van der Waals surface area contributed by atoms with E-state index in [9.17, 15) is 5.26 Å². The van der Waals surface area contributed by atoms with E-state index >= 15 is 0 Å². The van der Waals surface area contributed by atoms with Crippen molar-refractivity contribution in [3.05, 3.63) is 23.8 Å². The van der Waals surface area contributed by atoms with Crippen LogP contribution in [0.25, 0.3) is 0 Å². The van der Waals surface area contributed by atoms with E-state index in [2.05, 4.69) is 22.9 Å². The Labute approximate surface area is 114 Å². The van der Waals surface area contributed by atoms with Crippen molar-refractivity contribution >= 4 is 11.4 Å². The van der Waals surface area contributed by atoms with Crippen LogP contribution in [0, 0.1) is 11.3 Å². The van der Waals surface area contributed by atoms with Gasteiger partial charge in [-0.1, -0.05) is 0 Å². The molecule has 2 heterocycles. The number of hydrogen-bond donors (Lipinski definition) is 1. The lowest BCUT2D eigenvalue weighted by atomic mass is 10.1. The van der Waals surface area contributed by atoms with Gasteiger partial charge in [0.15, 0.2) is 0 Å². The molecule has 0 aliphatic carbocycles. The summed E-state index contributed by atoms with van der Waals surface area (Å²) in [4.78, 5) is 4.88. The maximum absolute atomic E-state index is 9.29. The fourth-order valence-corrected chi connectivity index (χ4v) is 3.45. The molecule has 0 aromatic heterocycles. The molecule has 0 radical (unpaired) electrons. The lowest BCUT2D eigenvalue weighted by Gasteiger charge is -2.28. The van der Waals surface area contributed by atoms with Crippen LogP contribution < -0.4 is 10.6 Å². The Morgan fingerprint density at radius 3 is 2.84 bits per heavy atom. The summed E-state index contributed by atoms with van der Waals surface area (Å²) in [6.07, 6.45) is 3.78. The summed E-state index contributed by atoms with van der Waals surface area (Å²) in [5.41, 5.74) is 8.16. The van der Waals surface area contributed by atoms with Crippen molar-refractivity contribution in [3.8, 4) is 6.07 Å². The van der Waals surface area contributed by atoms with Gasteiger partial charge in [0.25, 0.3) is 0 Å². The second kappa shape index (κ2) is 4.75. The molecule has 2 bridgehead atoms. The van der Waals surface area contributed by atoms with E-state index < -0.39 is 0 Å². The summed E-state index contributed by atoms with van der Waals surface area (Å²) in [5.74, 6) is 0. The van der Waals surface area contributed by atoms with Gasteiger partial charge >= 0.3 is 0 Å². The maximum Gasteiger partial charge on any atom is 0.101 e. The first kappa shape index (κ1) is 12.3. The van der Waals surface area contributed by atoms with Crippen molar-refractivity contribution in [2.75, 3.05) is 30.8 Å². The number of nitrogen functional groups attached to an aromatic ring is 1. The molecule has 3 rings (SSSR count). The summed E-state index contributed by atoms with van der Waals surface area (Å²) < 4.78 is 0. The zero-order valence-corrected chi connectivity index (χ0v) is 11.3. The molecule has 2 aliphatic rings. The zero-order valence-electron chi connectivity index (χ0n) is 11.3. The van der Waals surface area contributed by atoms with Gasteiger partial charge in [-0.25, -0.2) is 0 Å². The first-order valence-corrected chi connectivity index (χ1v) is 6.95. The molecule has 100 valence electrons. The third-order valence-electron chi connectivity index (χ3n) is 4.63. The van der Waals surface area contributed by atoms with E-state index in [0.29, 0.717) is 23.3 Å². The molecule has 0 amide bonds. The van der Waals surface area contributed by atoms with Gasteiger partial charge in [-0.15, -0.1) is 0 Å². The number of nitriles is 1. The highest BCUT2D eigenvalue weighted by Crippen LogP contribution is 2.32. The van der Waals surface area contributed by atoms with Crippen molar-refractivity contribution in [2.24, 2.45) is 0 Å². The maximum atomic E-state index is 9.29. The minimum Gasteiger partial charge on any atom is -0.399 e. The normalized spacial score (nSPS) is 27.1. The standard InChI is InChI=1S/C15H20N4/c1-18-13-3-4-14(18)10-19(7-6-13)15-5-2-12(17)8-11(15)9-16/h2,5,8,13-14H,3-4,6-7,10,17H2,1H3. The first-order valence-electron chi connectivity index (χ1n) is 6.95. The first-order chi connectivity index (χ1) is 9.19. The molecular weight excluding hydrogens is 236 g/mol. The number of nitrogens with zero attached hydrogens (tertiary/aromatic N) is 3.